The lowest BCUT2D eigenvalue weighted by Gasteiger charge is -2.11. The molecule has 4 heteroatoms. The van der Waals surface area contributed by atoms with Crippen LogP contribution in [0.4, 0.5) is 0 Å². The predicted molar refractivity (Wildman–Crippen MR) is 50.3 cm³/mol. The van der Waals surface area contributed by atoms with E-state index < -0.39 is 6.04 Å². The van der Waals surface area contributed by atoms with Crippen molar-refractivity contribution in [3.05, 3.63) is 0 Å². The maximum absolute atomic E-state index is 11.1. The maximum Gasteiger partial charge on any atom is 0.331 e. The zero-order valence-corrected chi connectivity index (χ0v) is 8.35. The number of esters is 1. The second-order valence-corrected chi connectivity index (χ2v) is 2.73. The molecule has 0 rings (SSSR count). The van der Waals surface area contributed by atoms with E-state index in [9.17, 15) is 4.79 Å². The van der Waals surface area contributed by atoms with Crippen molar-refractivity contribution in [2.75, 3.05) is 0 Å². The van der Waals surface area contributed by atoms with Crippen LogP contribution < -0.4 is 0 Å². The average molecular weight is 187 g/mol. The van der Waals surface area contributed by atoms with Gasteiger partial charge in [0.1, 0.15) is 0 Å². The van der Waals surface area contributed by atoms with Crippen molar-refractivity contribution in [3.8, 4) is 0 Å². The summed E-state index contributed by atoms with van der Waals surface area (Å²) in [6.45, 7) is 5.42. The molecule has 0 radical (unpaired) electrons. The lowest BCUT2D eigenvalue weighted by atomic mass is 10.3. The van der Waals surface area contributed by atoms with Gasteiger partial charge in [-0.2, -0.15) is 0 Å². The molecule has 2 unspecified atom stereocenters. The third-order valence-electron chi connectivity index (χ3n) is 1.48. The molecule has 68 valence electrons. The molecule has 0 aliphatic carbocycles. The molecule has 0 aromatic heterocycles. The van der Waals surface area contributed by atoms with Crippen LogP contribution in [0.25, 0.3) is 0 Å². The largest absolute Gasteiger partial charge is 0.461 e. The number of ether oxygens (including phenoxy) is 1. The first-order valence-corrected chi connectivity index (χ1v) is 4.30. The Morgan fingerprint density at radius 2 is 2.25 bits per heavy atom. The summed E-state index contributed by atoms with van der Waals surface area (Å²) < 4.78 is 4.99. The topological polar surface area (TPSA) is 38.7 Å². The highest BCUT2D eigenvalue weighted by molar-refractivity contribution is 7.78. The van der Waals surface area contributed by atoms with Gasteiger partial charge < -0.3 is 4.74 Å². The number of carbonyl (C=O) groups excluding carboxylic acids is 1. The predicted octanol–water partition coefficient (Wildman–Crippen LogP) is 1.82. The normalized spacial score (nSPS) is 14.2. The van der Waals surface area contributed by atoms with E-state index in [-0.39, 0.29) is 12.1 Å². The van der Waals surface area contributed by atoms with Crippen LogP contribution in [0, 0.1) is 0 Å². The maximum atomic E-state index is 11.1. The van der Waals surface area contributed by atoms with E-state index in [1.54, 1.807) is 6.92 Å². The van der Waals surface area contributed by atoms with Crippen molar-refractivity contribution in [2.24, 2.45) is 4.99 Å². The van der Waals surface area contributed by atoms with Gasteiger partial charge in [0.2, 0.25) is 0 Å². The number of aliphatic imine (C=N–C) groups is 1. The first kappa shape index (κ1) is 11.3. The van der Waals surface area contributed by atoms with Crippen LogP contribution in [0.2, 0.25) is 0 Å². The molecule has 0 aromatic rings. The van der Waals surface area contributed by atoms with Crippen LogP contribution >= 0.6 is 12.2 Å². The quantitative estimate of drug-likeness (QED) is 0.383. The van der Waals surface area contributed by atoms with Crippen LogP contribution in [0.1, 0.15) is 27.2 Å². The van der Waals surface area contributed by atoms with E-state index in [1.165, 1.54) is 0 Å². The summed E-state index contributed by atoms with van der Waals surface area (Å²) in [5.41, 5.74) is 0. The first-order valence-electron chi connectivity index (χ1n) is 3.89. The molecule has 0 spiro atoms. The minimum Gasteiger partial charge on any atom is -0.461 e. The van der Waals surface area contributed by atoms with Crippen molar-refractivity contribution in [1.82, 2.24) is 0 Å². The van der Waals surface area contributed by atoms with Crippen molar-refractivity contribution in [3.63, 3.8) is 0 Å². The van der Waals surface area contributed by atoms with Crippen molar-refractivity contribution in [1.29, 1.82) is 0 Å². The van der Waals surface area contributed by atoms with Crippen molar-refractivity contribution >= 4 is 23.3 Å². The molecule has 0 amide bonds. The molecule has 0 saturated heterocycles. The Bertz CT molecular complexity index is 199. The summed E-state index contributed by atoms with van der Waals surface area (Å²) >= 11 is 4.37. The molecule has 0 fully saturated rings. The molecular formula is C8H13NO2S. The number of carbonyl (C=O) groups is 1. The molecule has 12 heavy (non-hydrogen) atoms. The van der Waals surface area contributed by atoms with Gasteiger partial charge in [-0.3, -0.25) is 0 Å². The van der Waals surface area contributed by atoms with E-state index in [2.05, 4.69) is 22.4 Å². The highest BCUT2D eigenvalue weighted by Gasteiger charge is 2.14. The average Bonchev–Trinajstić information content (AvgIpc) is 2.04. The highest BCUT2D eigenvalue weighted by Crippen LogP contribution is 2.00. The Balaban J connectivity index is 3.94. The van der Waals surface area contributed by atoms with Gasteiger partial charge in [0, 0.05) is 0 Å². The van der Waals surface area contributed by atoms with E-state index in [0.29, 0.717) is 0 Å². The Morgan fingerprint density at radius 3 is 2.67 bits per heavy atom. The third-order valence-corrected chi connectivity index (χ3v) is 1.59. The molecule has 3 nitrogen and oxygen atoms in total. The summed E-state index contributed by atoms with van der Waals surface area (Å²) in [5.74, 6) is -0.346. The van der Waals surface area contributed by atoms with E-state index in [1.807, 2.05) is 13.8 Å². The standard InChI is InChI=1S/C8H13NO2S/c1-4-6(2)11-8(10)7(3)9-5-12/h6-7H,4H2,1-3H3. The fraction of sp³-hybridized carbons (Fsp3) is 0.750. The second kappa shape index (κ2) is 5.86. The number of isothiocyanates is 1. The van der Waals surface area contributed by atoms with E-state index >= 15 is 0 Å². The van der Waals surface area contributed by atoms with Gasteiger partial charge in [-0.15, -0.1) is 0 Å². The summed E-state index contributed by atoms with van der Waals surface area (Å²) in [6, 6.07) is -0.531. The molecule has 0 N–H and O–H groups in total. The number of hydrogen-bond acceptors (Lipinski definition) is 4. The molecule has 0 aliphatic rings. The van der Waals surface area contributed by atoms with E-state index in [0.717, 1.165) is 6.42 Å². The van der Waals surface area contributed by atoms with Gasteiger partial charge in [-0.1, -0.05) is 6.92 Å². The molecule has 2 atom stereocenters. The van der Waals surface area contributed by atoms with Crippen molar-refractivity contribution < 1.29 is 9.53 Å². The Morgan fingerprint density at radius 1 is 1.67 bits per heavy atom. The van der Waals surface area contributed by atoms with Crippen LogP contribution in [0.3, 0.4) is 0 Å². The van der Waals surface area contributed by atoms with Gasteiger partial charge in [0.15, 0.2) is 6.04 Å². The van der Waals surface area contributed by atoms with Gasteiger partial charge in [-0.25, -0.2) is 9.79 Å². The summed E-state index contributed by atoms with van der Waals surface area (Å²) in [4.78, 5) is 14.7. The van der Waals surface area contributed by atoms with Crippen molar-refractivity contribution in [2.45, 2.75) is 39.3 Å². The van der Waals surface area contributed by atoms with Crippen LogP contribution in [-0.2, 0) is 9.53 Å². The zero-order valence-electron chi connectivity index (χ0n) is 7.53. The van der Waals surface area contributed by atoms with Crippen LogP contribution in [0.5, 0.6) is 0 Å². The fourth-order valence-electron chi connectivity index (χ4n) is 0.512. The van der Waals surface area contributed by atoms with Gasteiger partial charge >= 0.3 is 5.97 Å². The lowest BCUT2D eigenvalue weighted by molar-refractivity contribution is -0.149. The smallest absolute Gasteiger partial charge is 0.331 e. The number of nitrogens with zero attached hydrogens (tertiary/aromatic N) is 1. The van der Waals surface area contributed by atoms with Gasteiger partial charge in [0.05, 0.1) is 11.3 Å². The fourth-order valence-corrected chi connectivity index (χ4v) is 0.670. The molecule has 0 heterocycles. The summed E-state index contributed by atoms with van der Waals surface area (Å²) in [5, 5.41) is 2.15. The van der Waals surface area contributed by atoms with Crippen LogP contribution in [0.15, 0.2) is 4.99 Å². The van der Waals surface area contributed by atoms with E-state index in [4.69, 9.17) is 4.74 Å². The Labute approximate surface area is 77.8 Å². The SMILES string of the molecule is CCC(C)OC(=O)C(C)N=C=S. The van der Waals surface area contributed by atoms with Gasteiger partial charge in [0.25, 0.3) is 0 Å². The zero-order chi connectivity index (χ0) is 9.56. The number of rotatable bonds is 4. The molecule has 0 bridgehead atoms. The second-order valence-electron chi connectivity index (χ2n) is 2.55. The minimum absolute atomic E-state index is 0.0553. The molecule has 0 aromatic carbocycles. The van der Waals surface area contributed by atoms with Crippen LogP contribution in [-0.4, -0.2) is 23.3 Å². The minimum atomic E-state index is -0.531. The molecule has 0 saturated carbocycles. The van der Waals surface area contributed by atoms with Gasteiger partial charge in [-0.05, 0) is 32.5 Å². The third kappa shape index (κ3) is 4.21. The Hall–Kier alpha value is -0.730. The summed E-state index contributed by atoms with van der Waals surface area (Å²) in [7, 11) is 0. The first-order chi connectivity index (χ1) is 5.61. The number of hydrogen-bond donors (Lipinski definition) is 0. The molecular weight excluding hydrogens is 174 g/mol. The number of thiocarbonyl (C=S) groups is 1. The lowest BCUT2D eigenvalue weighted by Crippen LogP contribution is -2.22. The summed E-state index contributed by atoms with van der Waals surface area (Å²) in [6.07, 6.45) is 0.750. The Kier molecular flexibility index (Phi) is 5.51. The monoisotopic (exact) mass is 187 g/mol. The highest BCUT2D eigenvalue weighted by atomic mass is 32.1. The molecule has 0 aliphatic heterocycles.